The van der Waals surface area contributed by atoms with Gasteiger partial charge in [0.15, 0.2) is 5.65 Å². The standard InChI is InChI=1S/C19H20N4O/c1-12(2)14-5-3-6-15(11-14)16-7-4-8-17-20-19(22-23(16)17)21-18(24)13-9-10-13/h3-8,11-13H,9-10H2,1-2H3,(H,21,22,24). The van der Waals surface area contributed by atoms with Crippen molar-refractivity contribution in [2.45, 2.75) is 32.6 Å². The van der Waals surface area contributed by atoms with Gasteiger partial charge in [0.1, 0.15) is 0 Å². The number of benzene rings is 1. The van der Waals surface area contributed by atoms with E-state index in [-0.39, 0.29) is 11.8 Å². The van der Waals surface area contributed by atoms with E-state index in [9.17, 15) is 4.79 Å². The van der Waals surface area contributed by atoms with Crippen molar-refractivity contribution < 1.29 is 4.79 Å². The van der Waals surface area contributed by atoms with Gasteiger partial charge in [-0.3, -0.25) is 10.1 Å². The molecule has 0 radical (unpaired) electrons. The molecule has 1 N–H and O–H groups in total. The third-order valence-corrected chi connectivity index (χ3v) is 4.39. The molecule has 3 aromatic rings. The Kier molecular flexibility index (Phi) is 3.56. The van der Waals surface area contributed by atoms with Crippen molar-refractivity contribution >= 4 is 17.5 Å². The molecule has 2 aromatic heterocycles. The highest BCUT2D eigenvalue weighted by molar-refractivity contribution is 5.92. The van der Waals surface area contributed by atoms with Crippen LogP contribution in [0.2, 0.25) is 0 Å². The van der Waals surface area contributed by atoms with E-state index in [1.165, 1.54) is 5.56 Å². The predicted molar refractivity (Wildman–Crippen MR) is 93.9 cm³/mol. The molecule has 1 saturated carbocycles. The van der Waals surface area contributed by atoms with Gasteiger partial charge in [0.2, 0.25) is 11.9 Å². The van der Waals surface area contributed by atoms with Crippen LogP contribution < -0.4 is 5.32 Å². The summed E-state index contributed by atoms with van der Waals surface area (Å²) in [5.74, 6) is 1.00. The Morgan fingerprint density at radius 1 is 1.21 bits per heavy atom. The highest BCUT2D eigenvalue weighted by atomic mass is 16.2. The van der Waals surface area contributed by atoms with Crippen LogP contribution in [-0.2, 0) is 4.79 Å². The molecule has 1 amide bonds. The van der Waals surface area contributed by atoms with Crippen LogP contribution in [-0.4, -0.2) is 20.5 Å². The molecular formula is C19H20N4O. The summed E-state index contributed by atoms with van der Waals surface area (Å²) >= 11 is 0. The molecule has 5 nitrogen and oxygen atoms in total. The van der Waals surface area contributed by atoms with Crippen LogP contribution in [0.15, 0.2) is 42.5 Å². The maximum absolute atomic E-state index is 11.9. The lowest BCUT2D eigenvalue weighted by Gasteiger charge is -2.09. The number of aromatic nitrogens is 3. The van der Waals surface area contributed by atoms with Gasteiger partial charge in [0, 0.05) is 11.5 Å². The summed E-state index contributed by atoms with van der Waals surface area (Å²) in [6.07, 6.45) is 1.93. The minimum absolute atomic E-state index is 0.0225. The van der Waals surface area contributed by atoms with Crippen molar-refractivity contribution in [3.05, 3.63) is 48.0 Å². The first kappa shape index (κ1) is 14.9. The molecule has 1 aliphatic carbocycles. The summed E-state index contributed by atoms with van der Waals surface area (Å²) in [4.78, 5) is 16.4. The third-order valence-electron chi connectivity index (χ3n) is 4.39. The van der Waals surface area contributed by atoms with Crippen molar-refractivity contribution in [2.24, 2.45) is 5.92 Å². The molecule has 0 spiro atoms. The quantitative estimate of drug-likeness (QED) is 0.794. The molecular weight excluding hydrogens is 300 g/mol. The minimum atomic E-state index is 0.0225. The lowest BCUT2D eigenvalue weighted by molar-refractivity contribution is -0.117. The van der Waals surface area contributed by atoms with Crippen molar-refractivity contribution in [3.8, 4) is 11.3 Å². The molecule has 2 heterocycles. The van der Waals surface area contributed by atoms with Crippen molar-refractivity contribution in [1.29, 1.82) is 0 Å². The maximum Gasteiger partial charge on any atom is 0.249 e. The second kappa shape index (κ2) is 5.74. The molecule has 24 heavy (non-hydrogen) atoms. The number of carbonyl (C=O) groups is 1. The number of hydrogen-bond donors (Lipinski definition) is 1. The van der Waals surface area contributed by atoms with Gasteiger partial charge in [-0.05, 0) is 42.5 Å². The minimum Gasteiger partial charge on any atom is -0.293 e. The lowest BCUT2D eigenvalue weighted by atomic mass is 9.99. The van der Waals surface area contributed by atoms with Gasteiger partial charge >= 0.3 is 0 Å². The number of nitrogens with zero attached hydrogens (tertiary/aromatic N) is 3. The van der Waals surface area contributed by atoms with E-state index >= 15 is 0 Å². The van der Waals surface area contributed by atoms with Crippen LogP contribution in [0.1, 0.15) is 38.2 Å². The molecule has 1 aromatic carbocycles. The molecule has 122 valence electrons. The molecule has 1 fully saturated rings. The highest BCUT2D eigenvalue weighted by Gasteiger charge is 2.30. The van der Waals surface area contributed by atoms with Crippen molar-refractivity contribution in [2.75, 3.05) is 5.32 Å². The Balaban J connectivity index is 1.74. The van der Waals surface area contributed by atoms with E-state index in [0.717, 1.165) is 29.7 Å². The summed E-state index contributed by atoms with van der Waals surface area (Å²) in [5.41, 5.74) is 4.08. The molecule has 4 rings (SSSR count). The summed E-state index contributed by atoms with van der Waals surface area (Å²) in [6.45, 7) is 4.36. The zero-order valence-corrected chi connectivity index (χ0v) is 13.9. The Hall–Kier alpha value is -2.69. The first-order valence-corrected chi connectivity index (χ1v) is 8.39. The van der Waals surface area contributed by atoms with Gasteiger partial charge in [-0.25, -0.2) is 4.52 Å². The number of nitrogens with one attached hydrogen (secondary N) is 1. The average molecular weight is 320 g/mol. The Morgan fingerprint density at radius 3 is 2.75 bits per heavy atom. The molecule has 5 heteroatoms. The molecule has 0 bridgehead atoms. The molecule has 1 aliphatic rings. The molecule has 0 unspecified atom stereocenters. The first-order valence-electron chi connectivity index (χ1n) is 8.39. The molecule has 0 saturated heterocycles. The van der Waals surface area contributed by atoms with Gasteiger partial charge < -0.3 is 0 Å². The number of rotatable bonds is 4. The van der Waals surface area contributed by atoms with Crippen LogP contribution in [0.4, 0.5) is 5.95 Å². The van der Waals surface area contributed by atoms with E-state index in [0.29, 0.717) is 11.9 Å². The fourth-order valence-corrected chi connectivity index (χ4v) is 2.79. The van der Waals surface area contributed by atoms with E-state index in [2.05, 4.69) is 53.5 Å². The second-order valence-electron chi connectivity index (χ2n) is 6.66. The monoisotopic (exact) mass is 320 g/mol. The van der Waals surface area contributed by atoms with Crippen LogP contribution >= 0.6 is 0 Å². The van der Waals surface area contributed by atoms with E-state index < -0.39 is 0 Å². The largest absolute Gasteiger partial charge is 0.293 e. The summed E-state index contributed by atoms with van der Waals surface area (Å²) in [7, 11) is 0. The van der Waals surface area contributed by atoms with Gasteiger partial charge in [0.25, 0.3) is 0 Å². The third kappa shape index (κ3) is 2.77. The van der Waals surface area contributed by atoms with Crippen molar-refractivity contribution in [3.63, 3.8) is 0 Å². The zero-order valence-electron chi connectivity index (χ0n) is 13.9. The Labute approximate surface area is 140 Å². The second-order valence-corrected chi connectivity index (χ2v) is 6.66. The normalized spacial score (nSPS) is 14.3. The Bertz CT molecular complexity index is 909. The van der Waals surface area contributed by atoms with Gasteiger partial charge in [-0.15, -0.1) is 5.10 Å². The average Bonchev–Trinajstić information content (AvgIpc) is 3.35. The molecule has 0 atom stereocenters. The smallest absolute Gasteiger partial charge is 0.249 e. The summed E-state index contributed by atoms with van der Waals surface area (Å²) in [5, 5.41) is 7.31. The number of fused-ring (bicyclic) bond motifs is 1. The fraction of sp³-hybridized carbons (Fsp3) is 0.316. The number of pyridine rings is 1. The van der Waals surface area contributed by atoms with Gasteiger partial charge in [-0.1, -0.05) is 38.1 Å². The maximum atomic E-state index is 11.9. The lowest BCUT2D eigenvalue weighted by Crippen LogP contribution is -2.14. The SMILES string of the molecule is CC(C)c1cccc(-c2cccc3nc(NC(=O)C4CC4)nn23)c1. The molecule has 0 aliphatic heterocycles. The highest BCUT2D eigenvalue weighted by Crippen LogP contribution is 2.30. The zero-order chi connectivity index (χ0) is 16.7. The Morgan fingerprint density at radius 2 is 2.00 bits per heavy atom. The van der Waals surface area contributed by atoms with E-state index in [1.807, 2.05) is 18.2 Å². The number of amides is 1. The predicted octanol–water partition coefficient (Wildman–Crippen LogP) is 3.87. The summed E-state index contributed by atoms with van der Waals surface area (Å²) < 4.78 is 1.79. The van der Waals surface area contributed by atoms with Crippen LogP contribution in [0.5, 0.6) is 0 Å². The van der Waals surface area contributed by atoms with Crippen LogP contribution in [0, 0.1) is 5.92 Å². The number of carbonyl (C=O) groups excluding carboxylic acids is 1. The first-order chi connectivity index (χ1) is 11.6. The number of hydrogen-bond acceptors (Lipinski definition) is 3. The van der Waals surface area contributed by atoms with E-state index in [4.69, 9.17) is 0 Å². The van der Waals surface area contributed by atoms with Gasteiger partial charge in [0.05, 0.1) is 5.69 Å². The van der Waals surface area contributed by atoms with Crippen LogP contribution in [0.3, 0.4) is 0 Å². The number of anilines is 1. The fourth-order valence-electron chi connectivity index (χ4n) is 2.79. The summed E-state index contributed by atoms with van der Waals surface area (Å²) in [6, 6.07) is 14.3. The van der Waals surface area contributed by atoms with E-state index in [1.54, 1.807) is 4.52 Å². The van der Waals surface area contributed by atoms with Crippen molar-refractivity contribution in [1.82, 2.24) is 14.6 Å². The van der Waals surface area contributed by atoms with Crippen LogP contribution in [0.25, 0.3) is 16.9 Å². The topological polar surface area (TPSA) is 59.3 Å². The van der Waals surface area contributed by atoms with Gasteiger partial charge in [-0.2, -0.15) is 4.98 Å².